The van der Waals surface area contributed by atoms with Crippen LogP contribution in [-0.2, 0) is 16.1 Å². The molecule has 0 aliphatic heterocycles. The molecule has 0 aliphatic carbocycles. The van der Waals surface area contributed by atoms with Gasteiger partial charge < -0.3 is 10.1 Å². The maximum absolute atomic E-state index is 11.1. The van der Waals surface area contributed by atoms with Crippen LogP contribution >= 0.6 is 0 Å². The van der Waals surface area contributed by atoms with E-state index in [-0.39, 0.29) is 5.97 Å². The van der Waals surface area contributed by atoms with Crippen LogP contribution in [0.2, 0.25) is 0 Å². The van der Waals surface area contributed by atoms with E-state index in [1.807, 2.05) is 6.92 Å². The maximum atomic E-state index is 11.1. The van der Waals surface area contributed by atoms with Crippen LogP contribution in [0.3, 0.4) is 0 Å². The molecule has 0 fully saturated rings. The molecule has 0 saturated carbocycles. The molecule has 0 aromatic heterocycles. The fourth-order valence-corrected chi connectivity index (χ4v) is 1.76. The molecular formula is C14H21NO2. The van der Waals surface area contributed by atoms with Gasteiger partial charge in [0.2, 0.25) is 0 Å². The smallest absolute Gasteiger partial charge is 0.307 e. The lowest BCUT2D eigenvalue weighted by Crippen LogP contribution is -2.20. The number of benzene rings is 1. The highest BCUT2D eigenvalue weighted by molar-refractivity contribution is 5.69. The first kappa shape index (κ1) is 13.7. The van der Waals surface area contributed by atoms with Gasteiger partial charge in [-0.05, 0) is 37.5 Å². The number of carbonyl (C=O) groups is 1. The van der Waals surface area contributed by atoms with Crippen LogP contribution in [0.25, 0.3) is 0 Å². The highest BCUT2D eigenvalue weighted by Gasteiger charge is 2.03. The topological polar surface area (TPSA) is 38.3 Å². The third-order valence-electron chi connectivity index (χ3n) is 2.76. The van der Waals surface area contributed by atoms with Gasteiger partial charge >= 0.3 is 5.97 Å². The Labute approximate surface area is 103 Å². The van der Waals surface area contributed by atoms with Crippen molar-refractivity contribution < 1.29 is 9.53 Å². The summed E-state index contributed by atoms with van der Waals surface area (Å²) in [7, 11) is 0. The lowest BCUT2D eigenvalue weighted by molar-refractivity contribution is -0.142. The predicted molar refractivity (Wildman–Crippen MR) is 68.9 cm³/mol. The number of ether oxygens (including phenoxy) is 1. The van der Waals surface area contributed by atoms with Gasteiger partial charge in [-0.25, -0.2) is 0 Å². The number of hydrogen-bond acceptors (Lipinski definition) is 3. The molecule has 94 valence electrons. The first-order valence-corrected chi connectivity index (χ1v) is 6.06. The van der Waals surface area contributed by atoms with Gasteiger partial charge in [0.25, 0.3) is 0 Å². The van der Waals surface area contributed by atoms with Crippen LogP contribution in [-0.4, -0.2) is 19.1 Å². The fourth-order valence-electron chi connectivity index (χ4n) is 1.76. The zero-order chi connectivity index (χ0) is 12.7. The highest BCUT2D eigenvalue weighted by Crippen LogP contribution is 2.12. The Morgan fingerprint density at radius 2 is 1.94 bits per heavy atom. The zero-order valence-electron chi connectivity index (χ0n) is 10.9. The van der Waals surface area contributed by atoms with E-state index >= 15 is 0 Å². The van der Waals surface area contributed by atoms with Crippen molar-refractivity contribution in [3.05, 3.63) is 34.9 Å². The maximum Gasteiger partial charge on any atom is 0.307 e. The van der Waals surface area contributed by atoms with E-state index in [2.05, 4.69) is 37.4 Å². The molecule has 0 aliphatic rings. The van der Waals surface area contributed by atoms with Crippen molar-refractivity contribution in [2.45, 2.75) is 33.7 Å². The summed E-state index contributed by atoms with van der Waals surface area (Å²) < 4.78 is 4.86. The van der Waals surface area contributed by atoms with E-state index in [1.165, 1.54) is 16.7 Å². The molecule has 3 nitrogen and oxygen atoms in total. The Balaban J connectivity index is 2.34. The number of hydrogen-bond donors (Lipinski definition) is 1. The largest absolute Gasteiger partial charge is 0.466 e. The normalized spacial score (nSPS) is 10.3. The predicted octanol–water partition coefficient (Wildman–Crippen LogP) is 2.35. The Bertz CT molecular complexity index is 354. The van der Waals surface area contributed by atoms with Crippen LogP contribution in [0, 0.1) is 13.8 Å². The van der Waals surface area contributed by atoms with Crippen LogP contribution in [0.1, 0.15) is 30.0 Å². The number of nitrogens with one attached hydrogen (secondary N) is 1. The molecule has 0 unspecified atom stereocenters. The molecule has 1 aromatic carbocycles. The van der Waals surface area contributed by atoms with E-state index in [0.717, 1.165) is 6.54 Å². The summed E-state index contributed by atoms with van der Waals surface area (Å²) >= 11 is 0. The molecule has 3 heteroatoms. The quantitative estimate of drug-likeness (QED) is 0.607. The number of carbonyl (C=O) groups excluding carboxylic acids is 1. The molecule has 0 saturated heterocycles. The summed E-state index contributed by atoms with van der Waals surface area (Å²) in [5.41, 5.74) is 3.89. The van der Waals surface area contributed by atoms with E-state index in [9.17, 15) is 4.79 Å². The second-order valence-electron chi connectivity index (χ2n) is 4.10. The van der Waals surface area contributed by atoms with E-state index < -0.39 is 0 Å². The van der Waals surface area contributed by atoms with Crippen LogP contribution < -0.4 is 5.32 Å². The third-order valence-corrected chi connectivity index (χ3v) is 2.76. The molecule has 0 atom stereocenters. The summed E-state index contributed by atoms with van der Waals surface area (Å²) in [6, 6.07) is 6.28. The van der Waals surface area contributed by atoms with Gasteiger partial charge in [-0.3, -0.25) is 4.79 Å². The zero-order valence-corrected chi connectivity index (χ0v) is 10.9. The summed E-state index contributed by atoms with van der Waals surface area (Å²) in [5, 5.41) is 3.27. The molecule has 1 aromatic rings. The van der Waals surface area contributed by atoms with E-state index in [1.54, 1.807) is 0 Å². The van der Waals surface area contributed by atoms with Gasteiger partial charge in [-0.15, -0.1) is 0 Å². The molecular weight excluding hydrogens is 214 g/mol. The van der Waals surface area contributed by atoms with Crippen molar-refractivity contribution in [2.75, 3.05) is 13.2 Å². The van der Waals surface area contributed by atoms with Crippen molar-refractivity contribution in [3.8, 4) is 0 Å². The van der Waals surface area contributed by atoms with Gasteiger partial charge in [0.1, 0.15) is 0 Å². The minimum Gasteiger partial charge on any atom is -0.466 e. The number of esters is 1. The van der Waals surface area contributed by atoms with Crippen molar-refractivity contribution in [1.29, 1.82) is 0 Å². The van der Waals surface area contributed by atoms with Crippen LogP contribution in [0.4, 0.5) is 0 Å². The lowest BCUT2D eigenvalue weighted by atomic mass is 10.0. The fraction of sp³-hybridized carbons (Fsp3) is 0.500. The molecule has 0 spiro atoms. The first-order chi connectivity index (χ1) is 8.15. The van der Waals surface area contributed by atoms with Crippen LogP contribution in [0.15, 0.2) is 18.2 Å². The van der Waals surface area contributed by atoms with Crippen molar-refractivity contribution >= 4 is 5.97 Å². The lowest BCUT2D eigenvalue weighted by Gasteiger charge is -2.10. The summed E-state index contributed by atoms with van der Waals surface area (Å²) in [5.74, 6) is -0.137. The monoisotopic (exact) mass is 235 g/mol. The molecule has 17 heavy (non-hydrogen) atoms. The SMILES string of the molecule is CCOC(=O)CCNCc1c(C)cccc1C. The Kier molecular flexibility index (Phi) is 5.70. The Hall–Kier alpha value is -1.35. The summed E-state index contributed by atoms with van der Waals surface area (Å²) in [6.07, 6.45) is 0.429. The molecule has 0 bridgehead atoms. The average molecular weight is 235 g/mol. The Morgan fingerprint density at radius 1 is 1.29 bits per heavy atom. The summed E-state index contributed by atoms with van der Waals surface area (Å²) in [6.45, 7) is 7.95. The van der Waals surface area contributed by atoms with Gasteiger partial charge in [0.15, 0.2) is 0 Å². The second-order valence-corrected chi connectivity index (χ2v) is 4.10. The van der Waals surface area contributed by atoms with E-state index in [4.69, 9.17) is 4.74 Å². The average Bonchev–Trinajstić information content (AvgIpc) is 2.28. The van der Waals surface area contributed by atoms with Crippen LogP contribution in [0.5, 0.6) is 0 Å². The molecule has 0 amide bonds. The van der Waals surface area contributed by atoms with Gasteiger partial charge in [-0.2, -0.15) is 0 Å². The highest BCUT2D eigenvalue weighted by atomic mass is 16.5. The number of aryl methyl sites for hydroxylation is 2. The second kappa shape index (κ2) is 7.07. The molecule has 0 heterocycles. The van der Waals surface area contributed by atoms with Gasteiger partial charge in [0.05, 0.1) is 13.0 Å². The summed E-state index contributed by atoms with van der Waals surface area (Å²) in [4.78, 5) is 11.1. The molecule has 1 N–H and O–H groups in total. The number of rotatable bonds is 6. The van der Waals surface area contributed by atoms with E-state index in [0.29, 0.717) is 19.6 Å². The first-order valence-electron chi connectivity index (χ1n) is 6.06. The van der Waals surface area contributed by atoms with Crippen molar-refractivity contribution in [1.82, 2.24) is 5.32 Å². The minimum atomic E-state index is -0.137. The third kappa shape index (κ3) is 4.57. The Morgan fingerprint density at radius 3 is 2.53 bits per heavy atom. The molecule has 1 rings (SSSR count). The van der Waals surface area contributed by atoms with Crippen molar-refractivity contribution in [2.24, 2.45) is 0 Å². The standard InChI is InChI=1S/C14H21NO2/c1-4-17-14(16)8-9-15-10-13-11(2)6-5-7-12(13)3/h5-7,15H,4,8-10H2,1-3H3. The minimum absolute atomic E-state index is 0.137. The van der Waals surface area contributed by atoms with Crippen molar-refractivity contribution in [3.63, 3.8) is 0 Å². The van der Waals surface area contributed by atoms with Gasteiger partial charge in [0, 0.05) is 13.1 Å². The molecule has 0 radical (unpaired) electrons. The van der Waals surface area contributed by atoms with Gasteiger partial charge in [-0.1, -0.05) is 18.2 Å².